The lowest BCUT2D eigenvalue weighted by molar-refractivity contribution is -0.341. The van der Waals surface area contributed by atoms with Gasteiger partial charge in [0.25, 0.3) is 0 Å². The van der Waals surface area contributed by atoms with E-state index < -0.39 is 5.60 Å². The Morgan fingerprint density at radius 3 is 2.24 bits per heavy atom. The van der Waals surface area contributed by atoms with Gasteiger partial charge >= 0.3 is 0 Å². The number of aliphatic hydroxyl groups excluding tert-OH is 1. The Hall–Kier alpha value is -1.00. The first-order chi connectivity index (χ1) is 18.8. The van der Waals surface area contributed by atoms with Crippen LogP contribution in [0.15, 0.2) is 35.3 Å². The highest BCUT2D eigenvalue weighted by molar-refractivity contribution is 8.03. The summed E-state index contributed by atoms with van der Waals surface area (Å²) < 4.78 is 11.3. The highest BCUT2D eigenvalue weighted by atomic mass is 32.2. The fourth-order valence-corrected chi connectivity index (χ4v) is 4.81. The molecule has 41 heavy (non-hydrogen) atoms. The summed E-state index contributed by atoms with van der Waals surface area (Å²) >= 11 is 1.87. The third-order valence-electron chi connectivity index (χ3n) is 7.09. The summed E-state index contributed by atoms with van der Waals surface area (Å²) in [6.45, 7) is 23.3. The van der Waals surface area contributed by atoms with E-state index in [0.29, 0.717) is 30.1 Å². The summed E-state index contributed by atoms with van der Waals surface area (Å²) in [7, 11) is 1.56. The van der Waals surface area contributed by atoms with Crippen LogP contribution in [0.1, 0.15) is 107 Å². The van der Waals surface area contributed by atoms with Crippen LogP contribution in [0.4, 0.5) is 0 Å². The van der Waals surface area contributed by atoms with E-state index in [-0.39, 0.29) is 36.2 Å². The maximum Gasteiger partial charge on any atom is 0.162 e. The van der Waals surface area contributed by atoms with Crippen LogP contribution in [0.2, 0.25) is 0 Å². The fourth-order valence-electron chi connectivity index (χ4n) is 3.67. The molecule has 3 N–H and O–H groups in total. The molecule has 7 nitrogen and oxygen atoms in total. The van der Waals surface area contributed by atoms with Crippen LogP contribution in [-0.2, 0) is 24.0 Å². The Balaban J connectivity index is 0. The van der Waals surface area contributed by atoms with E-state index in [1.807, 2.05) is 39.5 Å². The van der Waals surface area contributed by atoms with E-state index in [2.05, 4.69) is 52.5 Å². The monoisotopic (exact) mass is 602 g/mol. The number of hydrogen-bond donors (Lipinski definition) is 1. The molecule has 0 amide bonds. The summed E-state index contributed by atoms with van der Waals surface area (Å²) in [4.78, 5) is 25.3. The Bertz CT molecular complexity index is 776. The van der Waals surface area contributed by atoms with Gasteiger partial charge in [-0.15, -0.1) is 11.8 Å². The minimum atomic E-state index is -1.11. The van der Waals surface area contributed by atoms with Crippen molar-refractivity contribution < 1.29 is 34.6 Å². The lowest BCUT2D eigenvalue weighted by Gasteiger charge is -2.36. The third kappa shape index (κ3) is 18.3. The molecule has 1 rings (SSSR count). The van der Waals surface area contributed by atoms with Gasteiger partial charge < -0.3 is 20.1 Å². The molecule has 1 aliphatic carbocycles. The topological polar surface area (TPSA) is 106 Å². The van der Waals surface area contributed by atoms with Gasteiger partial charge in [0.15, 0.2) is 5.78 Å². The van der Waals surface area contributed by atoms with Gasteiger partial charge in [0.2, 0.25) is 0 Å². The van der Waals surface area contributed by atoms with E-state index >= 15 is 0 Å². The highest BCUT2D eigenvalue weighted by Crippen LogP contribution is 2.39. The van der Waals surface area contributed by atoms with Gasteiger partial charge in [0.05, 0.1) is 6.61 Å². The second-order valence-electron chi connectivity index (χ2n) is 12.0. The van der Waals surface area contributed by atoms with E-state index in [0.717, 1.165) is 29.7 Å². The molecule has 8 heteroatoms. The van der Waals surface area contributed by atoms with Crippen LogP contribution < -0.4 is 0 Å². The zero-order chi connectivity index (χ0) is 30.8. The Kier molecular flexibility index (Phi) is 23.1. The molecule has 1 aliphatic rings. The van der Waals surface area contributed by atoms with Crippen molar-refractivity contribution in [1.82, 2.24) is 0 Å². The predicted molar refractivity (Wildman–Crippen MR) is 173 cm³/mol. The van der Waals surface area contributed by atoms with Crippen molar-refractivity contribution in [2.45, 2.75) is 124 Å². The van der Waals surface area contributed by atoms with Crippen molar-refractivity contribution in [3.8, 4) is 0 Å². The van der Waals surface area contributed by atoms with Crippen molar-refractivity contribution >= 4 is 17.5 Å². The Labute approximate surface area is 255 Å². The average molecular weight is 603 g/mol. The number of Topliss-reactive ketones (excluding diaryl/α,β-unsaturated/α-hetero) is 1. The van der Waals surface area contributed by atoms with Gasteiger partial charge in [-0.25, -0.2) is 9.78 Å². The number of thioether (sulfide) groups is 1. The number of aliphatic hydroxyl groups is 1. The quantitative estimate of drug-likeness (QED) is 0.0623. The van der Waals surface area contributed by atoms with Crippen LogP contribution in [0.25, 0.3) is 0 Å². The van der Waals surface area contributed by atoms with Gasteiger partial charge in [-0.1, -0.05) is 92.0 Å². The number of methoxy groups -OCH3 is 1. The number of allylic oxidation sites excluding steroid dienone is 3. The van der Waals surface area contributed by atoms with E-state index in [1.54, 1.807) is 14.0 Å². The van der Waals surface area contributed by atoms with Crippen molar-refractivity contribution in [3.63, 3.8) is 0 Å². The van der Waals surface area contributed by atoms with Gasteiger partial charge in [0.1, 0.15) is 18.0 Å². The smallest absolute Gasteiger partial charge is 0.162 e. The fraction of sp³-hybridized carbons (Fsp3) is 0.788. The number of ether oxygens (including phenoxy) is 2. The van der Waals surface area contributed by atoms with Crippen LogP contribution in [0.5, 0.6) is 0 Å². The molecule has 0 bridgehead atoms. The maximum absolute atomic E-state index is 13.0. The minimum Gasteiger partial charge on any atom is -0.412 e. The molecule has 4 unspecified atom stereocenters. The van der Waals surface area contributed by atoms with Crippen molar-refractivity contribution in [2.75, 3.05) is 27.1 Å². The molecular weight excluding hydrogens is 540 g/mol. The summed E-state index contributed by atoms with van der Waals surface area (Å²) in [5.74, 6) is 0.622. The van der Waals surface area contributed by atoms with Crippen molar-refractivity contribution in [1.29, 1.82) is 0 Å². The normalized spacial score (nSPS) is 18.1. The SMILES string of the molecule is C=C(/C=C(\C=C/C(C)CC)SC(C)CCCC)CC(OCOC)(C(C)=O)C(C)COOC1(C)CC1.CC(C)CO.O. The molecule has 0 heterocycles. The predicted octanol–water partition coefficient (Wildman–Crippen LogP) is 7.63. The number of unbranched alkanes of at least 4 members (excludes halogenated alkanes) is 1. The third-order valence-corrected chi connectivity index (χ3v) is 8.26. The summed E-state index contributed by atoms with van der Waals surface area (Å²) in [6.07, 6.45) is 13.6. The number of carbonyl (C=O) groups is 1. The lowest BCUT2D eigenvalue weighted by Crippen LogP contribution is -2.48. The lowest BCUT2D eigenvalue weighted by atomic mass is 9.80. The van der Waals surface area contributed by atoms with Crippen LogP contribution in [-0.4, -0.2) is 59.9 Å². The Morgan fingerprint density at radius 2 is 1.78 bits per heavy atom. The first-order valence-corrected chi connectivity index (χ1v) is 16.0. The summed E-state index contributed by atoms with van der Waals surface area (Å²) in [6, 6.07) is 0. The Morgan fingerprint density at radius 1 is 1.17 bits per heavy atom. The van der Waals surface area contributed by atoms with Gasteiger partial charge in [-0.05, 0) is 51.0 Å². The molecule has 4 atom stereocenters. The van der Waals surface area contributed by atoms with Gasteiger partial charge in [-0.3, -0.25) is 4.79 Å². The van der Waals surface area contributed by atoms with Crippen LogP contribution >= 0.6 is 11.8 Å². The number of rotatable bonds is 21. The second kappa shape index (κ2) is 22.5. The van der Waals surface area contributed by atoms with E-state index in [4.69, 9.17) is 24.4 Å². The number of ketones is 1. The molecule has 0 saturated heterocycles. The largest absolute Gasteiger partial charge is 0.412 e. The summed E-state index contributed by atoms with van der Waals surface area (Å²) in [5, 5.41) is 8.65. The van der Waals surface area contributed by atoms with Crippen LogP contribution in [0, 0.1) is 17.8 Å². The zero-order valence-corrected chi connectivity index (χ0v) is 28.5. The van der Waals surface area contributed by atoms with E-state index in [1.165, 1.54) is 19.3 Å². The minimum absolute atomic E-state index is 0. The highest BCUT2D eigenvalue weighted by Gasteiger charge is 2.44. The van der Waals surface area contributed by atoms with Crippen molar-refractivity contribution in [3.05, 3.63) is 35.3 Å². The van der Waals surface area contributed by atoms with E-state index in [9.17, 15) is 4.79 Å². The van der Waals surface area contributed by atoms with Crippen molar-refractivity contribution in [2.24, 2.45) is 17.8 Å². The standard InChI is InChI=1S/C29H50O5S.C4H10O.H2O/c1-10-12-13-25(6)35-27(15-14-22(3)11-2)18-23(4)19-29(26(7)30,32-21-31-9)24(5)20-33-34-28(8)16-17-28;1-4(2)3-5;/h14-15,18,22,24-25H,4,10-13,16-17,19-21H2,1-3,5-9H3;4-5H,3H2,1-2H3;1H2/b15-14-,27-18+;;. The molecule has 242 valence electrons. The number of carbonyl (C=O) groups excluding carboxylic acids is 1. The molecule has 0 radical (unpaired) electrons. The van der Waals surface area contributed by atoms with Crippen LogP contribution in [0.3, 0.4) is 0 Å². The first-order valence-electron chi connectivity index (χ1n) is 15.1. The van der Waals surface area contributed by atoms with Gasteiger partial charge in [-0.2, -0.15) is 0 Å². The second-order valence-corrected chi connectivity index (χ2v) is 13.5. The molecule has 0 aromatic heterocycles. The molecule has 0 aliphatic heterocycles. The van der Waals surface area contributed by atoms with Gasteiger partial charge in [0, 0.05) is 36.2 Å². The molecule has 0 aromatic carbocycles. The number of hydrogen-bond acceptors (Lipinski definition) is 7. The first kappa shape index (κ1) is 42.1. The molecular formula is C33H62O7S. The maximum atomic E-state index is 13.0. The zero-order valence-electron chi connectivity index (χ0n) is 27.7. The summed E-state index contributed by atoms with van der Waals surface area (Å²) in [5.41, 5.74) is -0.459. The molecule has 1 fully saturated rings. The molecule has 1 saturated carbocycles. The molecule has 0 spiro atoms. The molecule has 0 aromatic rings. The average Bonchev–Trinajstić information content (AvgIpc) is 3.64.